The van der Waals surface area contributed by atoms with E-state index in [4.69, 9.17) is 19.4 Å². The number of benzene rings is 9. The maximum Gasteiger partial charge on any atom is 0.164 e. The van der Waals surface area contributed by atoms with Crippen LogP contribution in [-0.2, 0) is 0 Å². The third-order valence-corrected chi connectivity index (χ3v) is 11.9. The molecule has 3 aromatic heterocycles. The van der Waals surface area contributed by atoms with Gasteiger partial charge in [0.1, 0.15) is 11.2 Å². The van der Waals surface area contributed by atoms with Crippen molar-refractivity contribution in [1.29, 1.82) is 0 Å². The molecule has 0 N–H and O–H groups in total. The molecule has 3 heterocycles. The van der Waals surface area contributed by atoms with Gasteiger partial charge in [-0.3, -0.25) is 0 Å². The van der Waals surface area contributed by atoms with Gasteiger partial charge in [0.15, 0.2) is 17.5 Å². The predicted octanol–water partition coefficient (Wildman–Crippen LogP) is 14.9. The zero-order valence-corrected chi connectivity index (χ0v) is 33.5. The van der Waals surface area contributed by atoms with Crippen LogP contribution >= 0.6 is 0 Å². The Labute approximate surface area is 357 Å². The second-order valence-corrected chi connectivity index (χ2v) is 15.6. The Morgan fingerprint density at radius 1 is 0.274 bits per heavy atom. The van der Waals surface area contributed by atoms with Gasteiger partial charge in [-0.2, -0.15) is 0 Å². The molecule has 0 fully saturated rings. The Hall–Kier alpha value is -8.41. The largest absolute Gasteiger partial charge is 0.456 e. The number of furan rings is 1. The topological polar surface area (TPSA) is 56.7 Å². The van der Waals surface area contributed by atoms with E-state index in [-0.39, 0.29) is 0 Å². The Bertz CT molecular complexity index is 3590. The van der Waals surface area contributed by atoms with E-state index < -0.39 is 0 Å². The predicted molar refractivity (Wildman–Crippen MR) is 254 cm³/mol. The van der Waals surface area contributed by atoms with Gasteiger partial charge in [0.05, 0.1) is 11.0 Å². The van der Waals surface area contributed by atoms with Gasteiger partial charge in [-0.15, -0.1) is 0 Å². The summed E-state index contributed by atoms with van der Waals surface area (Å²) in [6.07, 6.45) is 0. The minimum Gasteiger partial charge on any atom is -0.456 e. The average Bonchev–Trinajstić information content (AvgIpc) is 3.89. The first-order valence-corrected chi connectivity index (χ1v) is 20.8. The van der Waals surface area contributed by atoms with Crippen LogP contribution in [0.1, 0.15) is 0 Å². The summed E-state index contributed by atoms with van der Waals surface area (Å²) >= 11 is 0. The first-order chi connectivity index (χ1) is 30.7. The summed E-state index contributed by atoms with van der Waals surface area (Å²) in [5.41, 5.74) is 14.7. The monoisotopic (exact) mass is 792 g/mol. The van der Waals surface area contributed by atoms with Gasteiger partial charge >= 0.3 is 0 Å². The molecule has 0 saturated heterocycles. The summed E-state index contributed by atoms with van der Waals surface area (Å²) in [5, 5.41) is 4.62. The minimum absolute atomic E-state index is 0.623. The van der Waals surface area contributed by atoms with Gasteiger partial charge in [-0.1, -0.05) is 176 Å². The zero-order chi connectivity index (χ0) is 41.0. The van der Waals surface area contributed by atoms with Crippen LogP contribution in [0.4, 0.5) is 0 Å². The van der Waals surface area contributed by atoms with Crippen molar-refractivity contribution in [3.63, 3.8) is 0 Å². The van der Waals surface area contributed by atoms with E-state index in [0.29, 0.717) is 17.5 Å². The molecular weight excluding hydrogens is 757 g/mol. The normalized spacial score (nSPS) is 11.5. The van der Waals surface area contributed by atoms with Crippen LogP contribution in [0.2, 0.25) is 0 Å². The van der Waals surface area contributed by atoms with Gasteiger partial charge < -0.3 is 8.98 Å². The molecular formula is C57H36N4O. The van der Waals surface area contributed by atoms with Crippen LogP contribution in [0, 0.1) is 0 Å². The van der Waals surface area contributed by atoms with Crippen LogP contribution in [0.15, 0.2) is 223 Å². The highest BCUT2D eigenvalue weighted by atomic mass is 16.3. The lowest BCUT2D eigenvalue weighted by Crippen LogP contribution is -2.00. The van der Waals surface area contributed by atoms with Gasteiger partial charge in [-0.05, 0) is 69.8 Å². The van der Waals surface area contributed by atoms with E-state index in [1.54, 1.807) is 0 Å². The number of para-hydroxylation sites is 1. The number of hydrogen-bond donors (Lipinski definition) is 0. The van der Waals surface area contributed by atoms with Gasteiger partial charge in [0, 0.05) is 50.0 Å². The number of hydrogen-bond acceptors (Lipinski definition) is 4. The van der Waals surface area contributed by atoms with Crippen LogP contribution in [-0.4, -0.2) is 19.5 Å². The standard InChI is InChI=1S/C57H36N4O/c1-4-12-37(13-5-1)39-20-24-42(25-21-39)56-58-55(41-16-8-3-9-17-41)59-57(60-56)43-26-22-40(23-27-43)45-28-31-47-50-34-44(38-14-6-2-7-15-38)29-33-51(50)61(52(47)35-45)46-30-32-49-48-18-10-11-19-53(48)62-54(49)36-46/h1-36H. The molecule has 12 aromatic rings. The van der Waals surface area contributed by atoms with Gasteiger partial charge in [0.2, 0.25) is 0 Å². The van der Waals surface area contributed by atoms with E-state index in [1.165, 1.54) is 27.5 Å². The van der Waals surface area contributed by atoms with E-state index >= 15 is 0 Å². The molecule has 0 atom stereocenters. The van der Waals surface area contributed by atoms with Gasteiger partial charge in [0.25, 0.3) is 0 Å². The Morgan fingerprint density at radius 3 is 1.35 bits per heavy atom. The zero-order valence-electron chi connectivity index (χ0n) is 33.5. The quantitative estimate of drug-likeness (QED) is 0.161. The lowest BCUT2D eigenvalue weighted by atomic mass is 10.0. The summed E-state index contributed by atoms with van der Waals surface area (Å²) in [6, 6.07) is 76.5. The van der Waals surface area contributed by atoms with Crippen molar-refractivity contribution in [2.45, 2.75) is 0 Å². The van der Waals surface area contributed by atoms with Crippen molar-refractivity contribution in [3.8, 4) is 73.2 Å². The first kappa shape index (κ1) is 35.5. The molecule has 62 heavy (non-hydrogen) atoms. The second-order valence-electron chi connectivity index (χ2n) is 15.6. The van der Waals surface area contributed by atoms with Crippen molar-refractivity contribution in [2.75, 3.05) is 0 Å². The third-order valence-electron chi connectivity index (χ3n) is 11.9. The molecule has 0 aliphatic rings. The molecule has 0 aliphatic carbocycles. The molecule has 0 saturated carbocycles. The molecule has 5 nitrogen and oxygen atoms in total. The summed E-state index contributed by atoms with van der Waals surface area (Å²) in [7, 11) is 0. The summed E-state index contributed by atoms with van der Waals surface area (Å²) < 4.78 is 8.76. The number of nitrogens with zero attached hydrogens (tertiary/aromatic N) is 4. The minimum atomic E-state index is 0.623. The lowest BCUT2D eigenvalue weighted by molar-refractivity contribution is 0.668. The van der Waals surface area contributed by atoms with Crippen molar-refractivity contribution in [2.24, 2.45) is 0 Å². The highest BCUT2D eigenvalue weighted by molar-refractivity contribution is 6.12. The fourth-order valence-corrected chi connectivity index (χ4v) is 8.75. The summed E-state index contributed by atoms with van der Waals surface area (Å²) in [5.74, 6) is 1.89. The van der Waals surface area contributed by atoms with Gasteiger partial charge in [-0.25, -0.2) is 15.0 Å². The maximum atomic E-state index is 6.39. The average molecular weight is 793 g/mol. The summed E-state index contributed by atoms with van der Waals surface area (Å²) in [4.78, 5) is 15.0. The first-order valence-electron chi connectivity index (χ1n) is 20.8. The van der Waals surface area contributed by atoms with Crippen LogP contribution in [0.3, 0.4) is 0 Å². The molecule has 0 spiro atoms. The second kappa shape index (κ2) is 14.7. The van der Waals surface area contributed by atoms with E-state index in [2.05, 4.69) is 174 Å². The van der Waals surface area contributed by atoms with Crippen LogP contribution in [0.5, 0.6) is 0 Å². The third kappa shape index (κ3) is 6.23. The fraction of sp³-hybridized carbons (Fsp3) is 0. The van der Waals surface area contributed by atoms with E-state index in [0.717, 1.165) is 72.0 Å². The van der Waals surface area contributed by atoms with Crippen molar-refractivity contribution >= 4 is 43.7 Å². The van der Waals surface area contributed by atoms with E-state index in [1.807, 2.05) is 48.5 Å². The van der Waals surface area contributed by atoms with Crippen molar-refractivity contribution < 1.29 is 4.42 Å². The smallest absolute Gasteiger partial charge is 0.164 e. The SMILES string of the molecule is c1ccc(-c2ccc(-c3nc(-c4ccccc4)nc(-c4ccc(-c5ccc6c7cc(-c8ccccc8)ccc7n(-c7ccc8c(c7)oc7ccccc78)c6c5)cc4)n3)cc2)cc1. The number of fused-ring (bicyclic) bond motifs is 6. The Morgan fingerprint density at radius 2 is 0.710 bits per heavy atom. The highest BCUT2D eigenvalue weighted by Gasteiger charge is 2.18. The molecule has 0 amide bonds. The molecule has 0 unspecified atom stereocenters. The number of aromatic nitrogens is 4. The van der Waals surface area contributed by atoms with Crippen LogP contribution < -0.4 is 0 Å². The molecule has 0 radical (unpaired) electrons. The Balaban J connectivity index is 0.957. The molecule has 5 heteroatoms. The molecule has 0 aliphatic heterocycles. The number of rotatable bonds is 7. The molecule has 290 valence electrons. The molecule has 9 aromatic carbocycles. The fourth-order valence-electron chi connectivity index (χ4n) is 8.75. The highest BCUT2D eigenvalue weighted by Crippen LogP contribution is 2.39. The molecule has 0 bridgehead atoms. The van der Waals surface area contributed by atoms with Crippen molar-refractivity contribution in [3.05, 3.63) is 218 Å². The molecule has 12 rings (SSSR count). The van der Waals surface area contributed by atoms with E-state index in [9.17, 15) is 0 Å². The Kier molecular flexibility index (Phi) is 8.42. The maximum absolute atomic E-state index is 6.39. The van der Waals surface area contributed by atoms with Crippen LogP contribution in [0.25, 0.3) is 117 Å². The summed E-state index contributed by atoms with van der Waals surface area (Å²) in [6.45, 7) is 0. The lowest BCUT2D eigenvalue weighted by Gasteiger charge is -2.11. The van der Waals surface area contributed by atoms with Crippen molar-refractivity contribution in [1.82, 2.24) is 19.5 Å².